The van der Waals surface area contributed by atoms with E-state index in [0.29, 0.717) is 66.4 Å². The van der Waals surface area contributed by atoms with E-state index in [1.165, 1.54) is 11.6 Å². The van der Waals surface area contributed by atoms with E-state index in [2.05, 4.69) is 15.1 Å². The molecular weight excluding hydrogens is 518 g/mol. The standard InChI is InChI=1S/C27H31N7O4S/c1-30-23-22(24(35)31(2)27(30)36)34(17-18-8-6-5-7-9-18)25(29-23)32-12-14-33(15-13-32)26(39)28-20-11-10-19(37-3)16-21(20)38-4/h5-11,16H,12-15,17H2,1-4H3,(H,28,39). The quantitative estimate of drug-likeness (QED) is 0.362. The Morgan fingerprint density at radius 1 is 0.974 bits per heavy atom. The van der Waals surface area contributed by atoms with Gasteiger partial charge in [-0.3, -0.25) is 18.5 Å². The zero-order valence-electron chi connectivity index (χ0n) is 22.4. The fourth-order valence-corrected chi connectivity index (χ4v) is 5.09. The lowest BCUT2D eigenvalue weighted by atomic mass is 10.2. The van der Waals surface area contributed by atoms with Crippen LogP contribution in [0.15, 0.2) is 58.1 Å². The zero-order chi connectivity index (χ0) is 27.7. The monoisotopic (exact) mass is 549 g/mol. The Balaban J connectivity index is 1.41. The largest absolute Gasteiger partial charge is 0.497 e. The number of hydrogen-bond acceptors (Lipinski definition) is 7. The number of nitrogens with one attached hydrogen (secondary N) is 1. The van der Waals surface area contributed by atoms with Gasteiger partial charge in [0.15, 0.2) is 16.3 Å². The number of benzene rings is 2. The minimum Gasteiger partial charge on any atom is -0.497 e. The average molecular weight is 550 g/mol. The fourth-order valence-electron chi connectivity index (χ4n) is 4.80. The third kappa shape index (κ3) is 4.94. The number of ether oxygens (including phenoxy) is 2. The molecule has 0 amide bonds. The molecule has 0 aliphatic carbocycles. The first-order chi connectivity index (χ1) is 18.8. The van der Waals surface area contributed by atoms with Gasteiger partial charge in [0.2, 0.25) is 5.95 Å². The Kier molecular flexibility index (Phi) is 7.29. The second-order valence-corrected chi connectivity index (χ2v) is 9.72. The Morgan fingerprint density at radius 2 is 1.69 bits per heavy atom. The third-order valence-electron chi connectivity index (χ3n) is 7.01. The van der Waals surface area contributed by atoms with Crippen LogP contribution in [0.5, 0.6) is 11.5 Å². The lowest BCUT2D eigenvalue weighted by molar-refractivity contribution is 0.385. The minimum atomic E-state index is -0.404. The molecule has 2 aromatic heterocycles. The van der Waals surface area contributed by atoms with Crippen molar-refractivity contribution in [2.45, 2.75) is 6.54 Å². The van der Waals surface area contributed by atoms with Crippen LogP contribution in [0, 0.1) is 0 Å². The predicted molar refractivity (Wildman–Crippen MR) is 155 cm³/mol. The van der Waals surface area contributed by atoms with Gasteiger partial charge in [-0.15, -0.1) is 0 Å². The van der Waals surface area contributed by atoms with Gasteiger partial charge in [0, 0.05) is 46.3 Å². The maximum atomic E-state index is 13.2. The van der Waals surface area contributed by atoms with Gasteiger partial charge in [0.25, 0.3) is 5.56 Å². The molecule has 5 rings (SSSR count). The molecule has 0 atom stereocenters. The summed E-state index contributed by atoms with van der Waals surface area (Å²) in [5.41, 5.74) is 1.81. The number of imidazole rings is 1. The molecule has 3 heterocycles. The molecule has 1 aliphatic rings. The molecule has 0 unspecified atom stereocenters. The lowest BCUT2D eigenvalue weighted by Gasteiger charge is -2.37. The first-order valence-electron chi connectivity index (χ1n) is 12.6. The minimum absolute atomic E-state index is 0.361. The van der Waals surface area contributed by atoms with Crippen molar-refractivity contribution in [1.29, 1.82) is 0 Å². The Hall–Kier alpha value is -4.32. The van der Waals surface area contributed by atoms with E-state index in [9.17, 15) is 9.59 Å². The molecule has 12 heteroatoms. The van der Waals surface area contributed by atoms with Crippen LogP contribution in [0.4, 0.5) is 11.6 Å². The maximum absolute atomic E-state index is 13.2. The number of thiocarbonyl (C=S) groups is 1. The van der Waals surface area contributed by atoms with Crippen LogP contribution < -0.4 is 30.9 Å². The van der Waals surface area contributed by atoms with Gasteiger partial charge in [0.1, 0.15) is 11.5 Å². The summed E-state index contributed by atoms with van der Waals surface area (Å²) in [5.74, 6) is 1.99. The maximum Gasteiger partial charge on any atom is 0.332 e. The second-order valence-electron chi connectivity index (χ2n) is 9.33. The van der Waals surface area contributed by atoms with E-state index < -0.39 is 5.69 Å². The summed E-state index contributed by atoms with van der Waals surface area (Å²) in [6.07, 6.45) is 0. The van der Waals surface area contributed by atoms with Crippen LogP contribution in [-0.4, -0.2) is 69.1 Å². The van der Waals surface area contributed by atoms with Crippen LogP contribution in [0.2, 0.25) is 0 Å². The SMILES string of the molecule is COc1ccc(NC(=S)N2CCN(c3nc4c(c(=O)n(C)c(=O)n4C)n3Cc3ccccc3)CC2)c(OC)c1. The van der Waals surface area contributed by atoms with Crippen molar-refractivity contribution in [2.24, 2.45) is 14.1 Å². The molecule has 1 aliphatic heterocycles. The van der Waals surface area contributed by atoms with Crippen LogP contribution in [0.3, 0.4) is 0 Å². The number of fused-ring (bicyclic) bond motifs is 1. The summed E-state index contributed by atoms with van der Waals surface area (Å²) < 4.78 is 15.2. The van der Waals surface area contributed by atoms with Crippen LogP contribution in [-0.2, 0) is 20.6 Å². The number of methoxy groups -OCH3 is 2. The lowest BCUT2D eigenvalue weighted by Crippen LogP contribution is -2.50. The molecule has 1 saturated heterocycles. The van der Waals surface area contributed by atoms with Crippen molar-refractivity contribution in [1.82, 2.24) is 23.6 Å². The van der Waals surface area contributed by atoms with E-state index in [0.717, 1.165) is 15.8 Å². The van der Waals surface area contributed by atoms with Crippen molar-refractivity contribution >= 4 is 40.1 Å². The highest BCUT2D eigenvalue weighted by molar-refractivity contribution is 7.80. The summed E-state index contributed by atoms with van der Waals surface area (Å²) in [4.78, 5) is 34.9. The van der Waals surface area contributed by atoms with E-state index >= 15 is 0 Å². The Labute approximate surface area is 230 Å². The van der Waals surface area contributed by atoms with Crippen LogP contribution >= 0.6 is 12.2 Å². The molecule has 0 saturated carbocycles. The fraction of sp³-hybridized carbons (Fsp3) is 0.333. The Bertz CT molecular complexity index is 1640. The number of hydrogen-bond donors (Lipinski definition) is 1. The number of aryl methyl sites for hydroxylation is 1. The van der Waals surface area contributed by atoms with Crippen LogP contribution in [0.25, 0.3) is 11.2 Å². The average Bonchev–Trinajstić information content (AvgIpc) is 3.34. The van der Waals surface area contributed by atoms with Gasteiger partial charge >= 0.3 is 5.69 Å². The van der Waals surface area contributed by atoms with E-state index in [1.54, 1.807) is 27.3 Å². The van der Waals surface area contributed by atoms with Gasteiger partial charge in [-0.2, -0.15) is 4.98 Å². The molecule has 4 aromatic rings. The van der Waals surface area contributed by atoms with E-state index in [4.69, 9.17) is 26.7 Å². The molecule has 0 spiro atoms. The summed E-state index contributed by atoms with van der Waals surface area (Å²) in [6.45, 7) is 3.02. The van der Waals surface area contributed by atoms with Gasteiger partial charge in [-0.1, -0.05) is 30.3 Å². The summed E-state index contributed by atoms with van der Waals surface area (Å²) >= 11 is 5.71. The number of anilines is 2. The highest BCUT2D eigenvalue weighted by Gasteiger charge is 2.27. The summed E-state index contributed by atoms with van der Waals surface area (Å²) in [7, 11) is 6.35. The highest BCUT2D eigenvalue weighted by atomic mass is 32.1. The summed E-state index contributed by atoms with van der Waals surface area (Å²) in [5, 5.41) is 3.88. The molecule has 204 valence electrons. The molecule has 0 radical (unpaired) electrons. The van der Waals surface area contributed by atoms with Crippen LogP contribution in [0.1, 0.15) is 5.56 Å². The highest BCUT2D eigenvalue weighted by Crippen LogP contribution is 2.29. The molecule has 0 bridgehead atoms. The van der Waals surface area contributed by atoms with Crippen molar-refractivity contribution in [2.75, 3.05) is 50.6 Å². The number of nitrogens with zero attached hydrogens (tertiary/aromatic N) is 6. The molecule has 11 nitrogen and oxygen atoms in total. The first-order valence-corrected chi connectivity index (χ1v) is 13.0. The van der Waals surface area contributed by atoms with Crippen molar-refractivity contribution in [3.05, 3.63) is 74.9 Å². The molecule has 1 fully saturated rings. The van der Waals surface area contributed by atoms with Crippen molar-refractivity contribution in [3.63, 3.8) is 0 Å². The van der Waals surface area contributed by atoms with Gasteiger partial charge in [-0.25, -0.2) is 4.79 Å². The third-order valence-corrected chi connectivity index (χ3v) is 7.37. The molecule has 2 aromatic carbocycles. The molecule has 39 heavy (non-hydrogen) atoms. The number of aromatic nitrogens is 4. The topological polar surface area (TPSA) is 98.8 Å². The van der Waals surface area contributed by atoms with Crippen molar-refractivity contribution < 1.29 is 9.47 Å². The number of piperazine rings is 1. The van der Waals surface area contributed by atoms with Gasteiger partial charge in [-0.05, 0) is 29.9 Å². The first kappa shape index (κ1) is 26.3. The second kappa shape index (κ2) is 10.8. The van der Waals surface area contributed by atoms with Gasteiger partial charge < -0.3 is 24.6 Å². The zero-order valence-corrected chi connectivity index (χ0v) is 23.2. The number of rotatable bonds is 6. The smallest absolute Gasteiger partial charge is 0.332 e. The van der Waals surface area contributed by atoms with E-state index in [-0.39, 0.29) is 5.56 Å². The Morgan fingerprint density at radius 3 is 2.36 bits per heavy atom. The molecule has 1 N–H and O–H groups in total. The predicted octanol–water partition coefficient (Wildman–Crippen LogP) is 2.02. The normalized spacial score (nSPS) is 13.5. The van der Waals surface area contributed by atoms with Gasteiger partial charge in [0.05, 0.1) is 26.5 Å². The van der Waals surface area contributed by atoms with Crippen molar-refractivity contribution in [3.8, 4) is 11.5 Å². The van der Waals surface area contributed by atoms with E-state index in [1.807, 2.05) is 47.0 Å². The molecular formula is C27H31N7O4S. The summed E-state index contributed by atoms with van der Waals surface area (Å²) in [6, 6.07) is 15.4.